The van der Waals surface area contributed by atoms with Gasteiger partial charge in [-0.2, -0.15) is 0 Å². The quantitative estimate of drug-likeness (QED) is 0.161. The molecule has 61 heavy (non-hydrogen) atoms. The first-order valence-electron chi connectivity index (χ1n) is 20.8. The predicted molar refractivity (Wildman–Crippen MR) is 257 cm³/mol. The smallest absolute Gasteiger partial charge is 0.136 e. The molecule has 286 valence electrons. The number of fused-ring (bicyclic) bond motifs is 7. The summed E-state index contributed by atoms with van der Waals surface area (Å²) in [5.74, 6) is 0. The van der Waals surface area contributed by atoms with Gasteiger partial charge in [0.1, 0.15) is 11.2 Å². The Bertz CT molecular complexity index is 3500. The maximum atomic E-state index is 6.18. The Morgan fingerprint density at radius 1 is 0.328 bits per heavy atom. The first-order valence-corrected chi connectivity index (χ1v) is 20.8. The highest BCUT2D eigenvalue weighted by molar-refractivity contribution is 6.12. The predicted octanol–water partition coefficient (Wildman–Crippen LogP) is 16.3. The lowest BCUT2D eigenvalue weighted by molar-refractivity contribution is 0.669. The van der Waals surface area contributed by atoms with Crippen molar-refractivity contribution in [1.82, 2.24) is 4.57 Å². The molecule has 0 aliphatic rings. The number of hydrogen-bond donors (Lipinski definition) is 0. The number of furan rings is 1. The summed E-state index contributed by atoms with van der Waals surface area (Å²) in [6, 6.07) is 82.9. The fourth-order valence-corrected chi connectivity index (χ4v) is 9.30. The Hall–Kier alpha value is -8.14. The number of anilines is 3. The number of nitrogens with zero attached hydrogens (tertiary/aromatic N) is 2. The van der Waals surface area contributed by atoms with Gasteiger partial charge in [0.05, 0.1) is 16.7 Å². The highest BCUT2D eigenvalue weighted by atomic mass is 16.3. The molecule has 3 nitrogen and oxygen atoms in total. The van der Waals surface area contributed by atoms with Gasteiger partial charge in [0, 0.05) is 44.0 Å². The van der Waals surface area contributed by atoms with Crippen LogP contribution < -0.4 is 4.90 Å². The van der Waals surface area contributed by atoms with Crippen molar-refractivity contribution in [3.63, 3.8) is 0 Å². The lowest BCUT2D eigenvalue weighted by Crippen LogP contribution is -2.10. The minimum Gasteiger partial charge on any atom is -0.456 e. The number of benzene rings is 10. The minimum absolute atomic E-state index is 0.911. The number of aromatic nitrogens is 1. The number of rotatable bonds is 7. The Labute approximate surface area is 353 Å². The number of hydrogen-bond acceptors (Lipinski definition) is 2. The lowest BCUT2D eigenvalue weighted by atomic mass is 9.97. The van der Waals surface area contributed by atoms with E-state index >= 15 is 0 Å². The van der Waals surface area contributed by atoms with Gasteiger partial charge in [0.25, 0.3) is 0 Å². The molecule has 0 radical (unpaired) electrons. The molecule has 3 heteroatoms. The molecule has 0 saturated carbocycles. The zero-order chi connectivity index (χ0) is 40.3. The molecule has 12 rings (SSSR count). The van der Waals surface area contributed by atoms with Crippen molar-refractivity contribution < 1.29 is 4.42 Å². The highest BCUT2D eigenvalue weighted by Gasteiger charge is 2.17. The van der Waals surface area contributed by atoms with E-state index in [9.17, 15) is 0 Å². The van der Waals surface area contributed by atoms with E-state index in [1.165, 1.54) is 66.0 Å². The standard InChI is InChI=1S/C58H38N2O/c1-2-13-48-43(11-1)12-9-20-53(48)59(45-33-27-40(28-34-45)39-23-25-44(26-24-39)49-17-10-22-57-58(49)52-16-5-8-21-56(52)61-57)46-35-29-41(30-36-46)42-31-37-47(38-32-42)60-54-18-6-3-14-50(54)51-15-4-7-19-55(51)60/h1-38H. The topological polar surface area (TPSA) is 21.3 Å². The molecule has 0 bridgehead atoms. The van der Waals surface area contributed by atoms with Crippen LogP contribution in [0, 0.1) is 0 Å². The largest absolute Gasteiger partial charge is 0.456 e. The van der Waals surface area contributed by atoms with E-state index in [-0.39, 0.29) is 0 Å². The van der Waals surface area contributed by atoms with Crippen molar-refractivity contribution in [3.8, 4) is 39.1 Å². The molecule has 0 unspecified atom stereocenters. The second-order valence-electron chi connectivity index (χ2n) is 15.7. The summed E-state index contributed by atoms with van der Waals surface area (Å²) >= 11 is 0. The summed E-state index contributed by atoms with van der Waals surface area (Å²) in [5.41, 5.74) is 15.8. The maximum absolute atomic E-state index is 6.18. The van der Waals surface area contributed by atoms with Crippen LogP contribution in [0.15, 0.2) is 235 Å². The van der Waals surface area contributed by atoms with E-state index in [4.69, 9.17) is 4.42 Å². The molecule has 2 heterocycles. The fourth-order valence-electron chi connectivity index (χ4n) is 9.30. The average molecular weight is 779 g/mol. The third kappa shape index (κ3) is 5.90. The molecule has 0 spiro atoms. The Morgan fingerprint density at radius 3 is 1.43 bits per heavy atom. The Morgan fingerprint density at radius 2 is 0.787 bits per heavy atom. The van der Waals surface area contributed by atoms with E-state index < -0.39 is 0 Å². The van der Waals surface area contributed by atoms with Crippen molar-refractivity contribution in [3.05, 3.63) is 231 Å². The summed E-state index contributed by atoms with van der Waals surface area (Å²) in [6.07, 6.45) is 0. The maximum Gasteiger partial charge on any atom is 0.136 e. The fraction of sp³-hybridized carbons (Fsp3) is 0. The van der Waals surface area contributed by atoms with Gasteiger partial charge in [0.2, 0.25) is 0 Å². The number of para-hydroxylation sites is 3. The van der Waals surface area contributed by atoms with Crippen LogP contribution in [-0.2, 0) is 0 Å². The van der Waals surface area contributed by atoms with Crippen molar-refractivity contribution >= 4 is 71.6 Å². The van der Waals surface area contributed by atoms with E-state index in [0.717, 1.165) is 44.7 Å². The van der Waals surface area contributed by atoms with Gasteiger partial charge in [-0.25, -0.2) is 0 Å². The third-order valence-corrected chi connectivity index (χ3v) is 12.2. The van der Waals surface area contributed by atoms with Crippen LogP contribution in [0.4, 0.5) is 17.1 Å². The van der Waals surface area contributed by atoms with Gasteiger partial charge in [-0.1, -0.05) is 164 Å². The van der Waals surface area contributed by atoms with E-state index in [2.05, 4.69) is 228 Å². The van der Waals surface area contributed by atoms with Crippen LogP contribution in [0.25, 0.3) is 93.6 Å². The van der Waals surface area contributed by atoms with Gasteiger partial charge >= 0.3 is 0 Å². The highest BCUT2D eigenvalue weighted by Crippen LogP contribution is 2.42. The van der Waals surface area contributed by atoms with Gasteiger partial charge in [-0.05, 0) is 105 Å². The first-order chi connectivity index (χ1) is 30.2. The van der Waals surface area contributed by atoms with Gasteiger partial charge in [0.15, 0.2) is 0 Å². The SMILES string of the molecule is c1ccc2c(N(c3ccc(-c4ccc(-c5cccc6oc7ccccc7c56)cc4)cc3)c3ccc(-c4ccc(-n5c6ccccc6c6ccccc65)cc4)cc3)cccc2c1. The second kappa shape index (κ2) is 14.3. The summed E-state index contributed by atoms with van der Waals surface area (Å²) in [5, 5.41) is 7.25. The molecule has 0 aliphatic carbocycles. The monoisotopic (exact) mass is 778 g/mol. The van der Waals surface area contributed by atoms with E-state index in [0.29, 0.717) is 0 Å². The molecule has 0 aliphatic heterocycles. The van der Waals surface area contributed by atoms with Crippen LogP contribution in [0.3, 0.4) is 0 Å². The zero-order valence-corrected chi connectivity index (χ0v) is 33.2. The van der Waals surface area contributed by atoms with Crippen molar-refractivity contribution in [2.45, 2.75) is 0 Å². The molecule has 0 N–H and O–H groups in total. The minimum atomic E-state index is 0.911. The molecule has 2 aromatic heterocycles. The van der Waals surface area contributed by atoms with Gasteiger partial charge < -0.3 is 13.9 Å². The zero-order valence-electron chi connectivity index (χ0n) is 33.2. The molecule has 0 amide bonds. The molecule has 12 aromatic rings. The summed E-state index contributed by atoms with van der Waals surface area (Å²) in [6.45, 7) is 0. The summed E-state index contributed by atoms with van der Waals surface area (Å²) in [7, 11) is 0. The Kier molecular flexibility index (Phi) is 8.17. The van der Waals surface area contributed by atoms with Crippen LogP contribution in [0.1, 0.15) is 0 Å². The molecule has 0 fully saturated rings. The molecular formula is C58H38N2O. The molecule has 0 saturated heterocycles. The second-order valence-corrected chi connectivity index (χ2v) is 15.7. The summed E-state index contributed by atoms with van der Waals surface area (Å²) in [4.78, 5) is 2.38. The van der Waals surface area contributed by atoms with Crippen molar-refractivity contribution in [2.75, 3.05) is 4.90 Å². The van der Waals surface area contributed by atoms with Crippen LogP contribution in [0.5, 0.6) is 0 Å². The van der Waals surface area contributed by atoms with Crippen molar-refractivity contribution in [2.24, 2.45) is 0 Å². The van der Waals surface area contributed by atoms with Gasteiger partial charge in [-0.15, -0.1) is 0 Å². The normalized spacial score (nSPS) is 11.6. The van der Waals surface area contributed by atoms with Crippen LogP contribution in [0.2, 0.25) is 0 Å². The van der Waals surface area contributed by atoms with E-state index in [1.807, 2.05) is 12.1 Å². The molecular weight excluding hydrogens is 741 g/mol. The lowest BCUT2D eigenvalue weighted by Gasteiger charge is -2.27. The summed E-state index contributed by atoms with van der Waals surface area (Å²) < 4.78 is 8.55. The van der Waals surface area contributed by atoms with Gasteiger partial charge in [-0.3, -0.25) is 0 Å². The average Bonchev–Trinajstić information content (AvgIpc) is 3.89. The third-order valence-electron chi connectivity index (χ3n) is 12.2. The first kappa shape index (κ1) is 34.9. The molecule has 10 aromatic carbocycles. The van der Waals surface area contributed by atoms with Crippen LogP contribution in [-0.4, -0.2) is 4.57 Å². The van der Waals surface area contributed by atoms with E-state index in [1.54, 1.807) is 0 Å². The van der Waals surface area contributed by atoms with Crippen molar-refractivity contribution in [1.29, 1.82) is 0 Å². The molecule has 0 atom stereocenters. The Balaban J connectivity index is 0.872. The van der Waals surface area contributed by atoms with Crippen LogP contribution >= 0.6 is 0 Å².